The molecule has 1 atom stereocenters. The van der Waals surface area contributed by atoms with Gasteiger partial charge in [-0.05, 0) is 26.1 Å². The van der Waals surface area contributed by atoms with Crippen LogP contribution in [0.25, 0.3) is 0 Å². The minimum absolute atomic E-state index is 0. The molecule has 0 heterocycles. The minimum Gasteiger partial charge on any atom is -0.353 e. The number of nitrogens with two attached hydrogens (primary N) is 1. The van der Waals surface area contributed by atoms with Crippen molar-refractivity contribution in [1.82, 2.24) is 10.2 Å². The van der Waals surface area contributed by atoms with Crippen LogP contribution < -0.4 is 11.1 Å². The first kappa shape index (κ1) is 20.9. The Morgan fingerprint density at radius 2 is 1.84 bits per heavy atom. The summed E-state index contributed by atoms with van der Waals surface area (Å²) >= 11 is 0. The Kier molecular flexibility index (Phi) is 12.5. The molecule has 0 saturated carbocycles. The first-order valence-corrected chi connectivity index (χ1v) is 5.81. The van der Waals surface area contributed by atoms with Crippen LogP contribution in [0.1, 0.15) is 5.56 Å². The molecule has 0 radical (unpaired) electrons. The van der Waals surface area contributed by atoms with Crippen molar-refractivity contribution in [2.75, 3.05) is 27.2 Å². The summed E-state index contributed by atoms with van der Waals surface area (Å²) in [7, 11) is 3.94. The van der Waals surface area contributed by atoms with Gasteiger partial charge in [-0.3, -0.25) is 4.79 Å². The number of carbonyl (C=O) groups is 1. The molecule has 110 valence electrons. The number of halogens is 2. The zero-order valence-electron chi connectivity index (χ0n) is 11.3. The second-order valence-corrected chi connectivity index (χ2v) is 4.39. The third-order valence-electron chi connectivity index (χ3n) is 2.49. The summed E-state index contributed by atoms with van der Waals surface area (Å²) in [6.45, 7) is 1.46. The number of rotatable bonds is 6. The Balaban J connectivity index is 0. The largest absolute Gasteiger partial charge is 0.353 e. The lowest BCUT2D eigenvalue weighted by molar-refractivity contribution is -0.122. The maximum atomic E-state index is 11.7. The van der Waals surface area contributed by atoms with E-state index in [1.807, 2.05) is 49.3 Å². The molecule has 3 N–H and O–H groups in total. The fourth-order valence-electron chi connectivity index (χ4n) is 1.49. The maximum Gasteiger partial charge on any atom is 0.237 e. The molecular formula is C13H23Br2N3O. The number of benzene rings is 1. The minimum atomic E-state index is -0.473. The van der Waals surface area contributed by atoms with Crippen molar-refractivity contribution in [3.63, 3.8) is 0 Å². The summed E-state index contributed by atoms with van der Waals surface area (Å²) in [6.07, 6.45) is 0.578. The number of amides is 1. The van der Waals surface area contributed by atoms with Crippen molar-refractivity contribution >= 4 is 39.9 Å². The van der Waals surface area contributed by atoms with Gasteiger partial charge in [0, 0.05) is 13.1 Å². The summed E-state index contributed by atoms with van der Waals surface area (Å²) in [5, 5.41) is 2.83. The quantitative estimate of drug-likeness (QED) is 0.763. The molecule has 0 fully saturated rings. The molecule has 0 aliphatic heterocycles. The number of likely N-dealkylation sites (N-methyl/N-ethyl adjacent to an activating group) is 1. The monoisotopic (exact) mass is 395 g/mol. The molecule has 19 heavy (non-hydrogen) atoms. The van der Waals surface area contributed by atoms with E-state index in [9.17, 15) is 4.79 Å². The Morgan fingerprint density at radius 3 is 2.37 bits per heavy atom. The summed E-state index contributed by atoms with van der Waals surface area (Å²) in [5.74, 6) is -0.0873. The van der Waals surface area contributed by atoms with E-state index in [0.717, 1.165) is 12.1 Å². The molecule has 1 rings (SSSR count). The highest BCUT2D eigenvalue weighted by atomic mass is 79.9. The average molecular weight is 397 g/mol. The van der Waals surface area contributed by atoms with Gasteiger partial charge in [0.05, 0.1) is 6.04 Å². The van der Waals surface area contributed by atoms with Gasteiger partial charge in [-0.2, -0.15) is 0 Å². The lowest BCUT2D eigenvalue weighted by Gasteiger charge is -2.14. The van der Waals surface area contributed by atoms with Crippen molar-refractivity contribution in [2.24, 2.45) is 5.73 Å². The number of hydrogen-bond acceptors (Lipinski definition) is 3. The first-order chi connectivity index (χ1) is 8.09. The summed E-state index contributed by atoms with van der Waals surface area (Å²) < 4.78 is 0. The van der Waals surface area contributed by atoms with Gasteiger partial charge in [-0.25, -0.2) is 0 Å². The number of hydrogen-bond donors (Lipinski definition) is 2. The normalized spacial score (nSPS) is 11.2. The fraction of sp³-hybridized carbons (Fsp3) is 0.462. The predicted octanol–water partition coefficient (Wildman–Crippen LogP) is 1.39. The van der Waals surface area contributed by atoms with E-state index < -0.39 is 6.04 Å². The van der Waals surface area contributed by atoms with Crippen molar-refractivity contribution in [1.29, 1.82) is 0 Å². The highest BCUT2D eigenvalue weighted by molar-refractivity contribution is 8.93. The van der Waals surface area contributed by atoms with Crippen LogP contribution in [0.2, 0.25) is 0 Å². The van der Waals surface area contributed by atoms with Gasteiger partial charge in [0.25, 0.3) is 0 Å². The third-order valence-corrected chi connectivity index (χ3v) is 2.49. The van der Waals surface area contributed by atoms with Crippen molar-refractivity contribution in [2.45, 2.75) is 12.5 Å². The zero-order chi connectivity index (χ0) is 12.7. The van der Waals surface area contributed by atoms with E-state index >= 15 is 0 Å². The van der Waals surface area contributed by atoms with Crippen molar-refractivity contribution in [3.05, 3.63) is 35.9 Å². The molecule has 0 aliphatic carbocycles. The molecular weight excluding hydrogens is 374 g/mol. The zero-order valence-corrected chi connectivity index (χ0v) is 14.8. The second kappa shape index (κ2) is 11.4. The fourth-order valence-corrected chi connectivity index (χ4v) is 1.49. The predicted molar refractivity (Wildman–Crippen MR) is 90.3 cm³/mol. The molecule has 0 bridgehead atoms. The smallest absolute Gasteiger partial charge is 0.237 e. The van der Waals surface area contributed by atoms with Crippen LogP contribution in [-0.2, 0) is 11.2 Å². The van der Waals surface area contributed by atoms with Gasteiger partial charge >= 0.3 is 0 Å². The van der Waals surface area contributed by atoms with Gasteiger partial charge in [0.1, 0.15) is 0 Å². The Morgan fingerprint density at radius 1 is 1.26 bits per heavy atom. The summed E-state index contributed by atoms with van der Waals surface area (Å²) in [4.78, 5) is 13.7. The van der Waals surface area contributed by atoms with Gasteiger partial charge < -0.3 is 16.0 Å². The molecule has 1 aromatic rings. The van der Waals surface area contributed by atoms with Crippen LogP contribution in [0.4, 0.5) is 0 Å². The standard InChI is InChI=1S/C13H21N3O.2BrH/c1-16(2)9-8-15-13(17)12(14)10-11-6-4-3-5-7-11;;/h3-7,12H,8-10,14H2,1-2H3,(H,15,17);2*1H. The van der Waals surface area contributed by atoms with E-state index in [4.69, 9.17) is 5.73 Å². The number of nitrogens with one attached hydrogen (secondary N) is 1. The first-order valence-electron chi connectivity index (χ1n) is 5.81. The van der Waals surface area contributed by atoms with E-state index in [0.29, 0.717) is 13.0 Å². The van der Waals surface area contributed by atoms with Gasteiger partial charge in [-0.15, -0.1) is 34.0 Å². The molecule has 4 nitrogen and oxygen atoms in total. The van der Waals surface area contributed by atoms with Crippen molar-refractivity contribution < 1.29 is 4.79 Å². The van der Waals surface area contributed by atoms with E-state index in [-0.39, 0.29) is 39.9 Å². The Labute approximate surface area is 136 Å². The van der Waals surface area contributed by atoms with Gasteiger partial charge in [0.15, 0.2) is 0 Å². The molecule has 1 amide bonds. The number of nitrogens with zero attached hydrogens (tertiary/aromatic N) is 1. The lowest BCUT2D eigenvalue weighted by Crippen LogP contribution is -2.44. The van der Waals surface area contributed by atoms with Gasteiger partial charge in [-0.1, -0.05) is 30.3 Å². The summed E-state index contributed by atoms with van der Waals surface area (Å²) in [6, 6.07) is 9.34. The van der Waals surface area contributed by atoms with Crippen molar-refractivity contribution in [3.8, 4) is 0 Å². The molecule has 0 saturated heterocycles. The molecule has 0 spiro atoms. The molecule has 0 aliphatic rings. The van der Waals surface area contributed by atoms with Gasteiger partial charge in [0.2, 0.25) is 5.91 Å². The average Bonchev–Trinajstić information content (AvgIpc) is 2.29. The summed E-state index contributed by atoms with van der Waals surface area (Å²) in [5.41, 5.74) is 6.93. The van der Waals surface area contributed by atoms with Crippen LogP contribution in [0.15, 0.2) is 30.3 Å². The molecule has 1 aromatic carbocycles. The Bertz CT molecular complexity index is 347. The molecule has 6 heteroatoms. The maximum absolute atomic E-state index is 11.7. The molecule has 0 aromatic heterocycles. The lowest BCUT2D eigenvalue weighted by atomic mass is 10.1. The number of carbonyl (C=O) groups excluding carboxylic acids is 1. The van der Waals surface area contributed by atoms with E-state index in [2.05, 4.69) is 5.32 Å². The molecule has 1 unspecified atom stereocenters. The topological polar surface area (TPSA) is 58.4 Å². The highest BCUT2D eigenvalue weighted by Gasteiger charge is 2.13. The third kappa shape index (κ3) is 9.15. The second-order valence-electron chi connectivity index (χ2n) is 4.39. The van der Waals surface area contributed by atoms with Crippen LogP contribution in [0.5, 0.6) is 0 Å². The SMILES string of the molecule is Br.Br.CN(C)CCNC(=O)C(N)Cc1ccccc1. The Hall–Kier alpha value is -0.430. The van der Waals surface area contributed by atoms with Crippen LogP contribution in [-0.4, -0.2) is 44.0 Å². The van der Waals surface area contributed by atoms with E-state index in [1.165, 1.54) is 0 Å². The van der Waals surface area contributed by atoms with Crippen LogP contribution in [0.3, 0.4) is 0 Å². The van der Waals surface area contributed by atoms with E-state index in [1.54, 1.807) is 0 Å². The highest BCUT2D eigenvalue weighted by Crippen LogP contribution is 2.01. The van der Waals surface area contributed by atoms with Crippen LogP contribution in [0, 0.1) is 0 Å². The van der Waals surface area contributed by atoms with Crippen LogP contribution >= 0.6 is 34.0 Å².